The lowest BCUT2D eigenvalue weighted by Crippen LogP contribution is -2.49. The van der Waals surface area contributed by atoms with Gasteiger partial charge in [0.15, 0.2) is 0 Å². The molecule has 0 aliphatic heterocycles. The fourth-order valence-corrected chi connectivity index (χ4v) is 2.63. The highest BCUT2D eigenvalue weighted by molar-refractivity contribution is 5.77. The summed E-state index contributed by atoms with van der Waals surface area (Å²) in [6.45, 7) is 4.64. The van der Waals surface area contributed by atoms with E-state index in [1.807, 2.05) is 0 Å². The molecule has 1 rings (SSSR count). The van der Waals surface area contributed by atoms with Crippen LogP contribution in [0.3, 0.4) is 0 Å². The van der Waals surface area contributed by atoms with Gasteiger partial charge in [0, 0.05) is 12.6 Å². The molecule has 1 saturated carbocycles. The Balaban J connectivity index is 2.43. The highest BCUT2D eigenvalue weighted by Gasteiger charge is 2.30. The maximum atomic E-state index is 10.9. The Kier molecular flexibility index (Phi) is 4.95. The number of carboxylic acids is 1. The van der Waals surface area contributed by atoms with Crippen molar-refractivity contribution >= 4 is 5.97 Å². The van der Waals surface area contributed by atoms with E-state index >= 15 is 0 Å². The average Bonchev–Trinajstić information content (AvgIpc) is 2.26. The van der Waals surface area contributed by atoms with Crippen LogP contribution in [0.25, 0.3) is 0 Å². The molecule has 0 aromatic rings. The summed E-state index contributed by atoms with van der Waals surface area (Å²) in [5, 5.41) is 8.97. The largest absolute Gasteiger partial charge is 0.480 e. The smallest absolute Gasteiger partial charge is 0.323 e. The fourth-order valence-electron chi connectivity index (χ4n) is 2.63. The molecule has 17 heavy (non-hydrogen) atoms. The van der Waals surface area contributed by atoms with Gasteiger partial charge in [-0.3, -0.25) is 4.79 Å². The third-order valence-electron chi connectivity index (χ3n) is 4.10. The van der Waals surface area contributed by atoms with Crippen LogP contribution in [0.15, 0.2) is 0 Å². The van der Waals surface area contributed by atoms with Gasteiger partial charge in [0.1, 0.15) is 5.54 Å². The van der Waals surface area contributed by atoms with Crippen LogP contribution in [0.2, 0.25) is 0 Å². The molecular weight excluding hydrogens is 216 g/mol. The quantitative estimate of drug-likeness (QED) is 0.770. The Morgan fingerprint density at radius 3 is 2.59 bits per heavy atom. The third-order valence-corrected chi connectivity index (χ3v) is 4.10. The summed E-state index contributed by atoms with van der Waals surface area (Å²) in [6, 6.07) is 0.591. The second-order valence-electron chi connectivity index (χ2n) is 5.78. The Labute approximate surface area is 104 Å². The molecule has 0 aromatic carbocycles. The summed E-state index contributed by atoms with van der Waals surface area (Å²) in [5.41, 5.74) is 4.64. The first kappa shape index (κ1) is 14.5. The van der Waals surface area contributed by atoms with Gasteiger partial charge in [0.05, 0.1) is 0 Å². The Morgan fingerprint density at radius 2 is 2.06 bits per heavy atom. The third kappa shape index (κ3) is 3.96. The van der Waals surface area contributed by atoms with Crippen molar-refractivity contribution in [2.75, 3.05) is 13.6 Å². The van der Waals surface area contributed by atoms with Gasteiger partial charge >= 0.3 is 5.97 Å². The maximum Gasteiger partial charge on any atom is 0.323 e. The van der Waals surface area contributed by atoms with E-state index in [-0.39, 0.29) is 0 Å². The second-order valence-corrected chi connectivity index (χ2v) is 5.78. The number of aliphatic carboxylic acids is 1. The van der Waals surface area contributed by atoms with E-state index in [1.54, 1.807) is 6.92 Å². The van der Waals surface area contributed by atoms with E-state index in [9.17, 15) is 4.79 Å². The maximum absolute atomic E-state index is 10.9. The van der Waals surface area contributed by atoms with Gasteiger partial charge in [0.2, 0.25) is 0 Å². The normalized spacial score (nSPS) is 29.0. The highest BCUT2D eigenvalue weighted by Crippen LogP contribution is 2.27. The number of rotatable bonds is 5. The first-order valence-corrected chi connectivity index (χ1v) is 6.57. The molecule has 0 bridgehead atoms. The molecule has 1 fully saturated rings. The molecule has 1 aliphatic carbocycles. The van der Waals surface area contributed by atoms with Crippen LogP contribution in [0.1, 0.15) is 46.0 Å². The molecule has 0 amide bonds. The number of carboxylic acid groups (broad SMARTS) is 1. The summed E-state index contributed by atoms with van der Waals surface area (Å²) in [7, 11) is 2.09. The molecular formula is C13H26N2O2. The molecule has 100 valence electrons. The summed E-state index contributed by atoms with van der Waals surface area (Å²) in [6.07, 6.45) is 5.63. The predicted molar refractivity (Wildman–Crippen MR) is 68.9 cm³/mol. The Morgan fingerprint density at radius 1 is 1.47 bits per heavy atom. The lowest BCUT2D eigenvalue weighted by Gasteiger charge is -2.37. The predicted octanol–water partition coefficient (Wildman–Crippen LogP) is 1.69. The molecule has 0 aromatic heterocycles. The number of hydrogen-bond acceptors (Lipinski definition) is 3. The zero-order valence-electron chi connectivity index (χ0n) is 11.3. The van der Waals surface area contributed by atoms with Gasteiger partial charge in [-0.05, 0) is 39.2 Å². The molecule has 4 heteroatoms. The summed E-state index contributed by atoms with van der Waals surface area (Å²) >= 11 is 0. The number of carbonyl (C=O) groups is 1. The molecule has 3 atom stereocenters. The zero-order chi connectivity index (χ0) is 13.1. The van der Waals surface area contributed by atoms with Crippen molar-refractivity contribution in [3.05, 3.63) is 0 Å². The topological polar surface area (TPSA) is 66.6 Å². The van der Waals surface area contributed by atoms with Crippen LogP contribution >= 0.6 is 0 Å². The van der Waals surface area contributed by atoms with E-state index in [1.165, 1.54) is 25.7 Å². The lowest BCUT2D eigenvalue weighted by atomic mass is 9.85. The molecule has 0 saturated heterocycles. The van der Waals surface area contributed by atoms with Crippen molar-refractivity contribution in [3.63, 3.8) is 0 Å². The van der Waals surface area contributed by atoms with Crippen molar-refractivity contribution in [1.29, 1.82) is 0 Å². The number of hydrogen-bond donors (Lipinski definition) is 2. The molecule has 3 unspecified atom stereocenters. The summed E-state index contributed by atoms with van der Waals surface area (Å²) in [4.78, 5) is 13.2. The van der Waals surface area contributed by atoms with Gasteiger partial charge in [-0.25, -0.2) is 0 Å². The van der Waals surface area contributed by atoms with E-state index in [0.717, 1.165) is 6.54 Å². The lowest BCUT2D eigenvalue weighted by molar-refractivity contribution is -0.143. The van der Waals surface area contributed by atoms with Crippen LogP contribution in [0.5, 0.6) is 0 Å². The molecule has 0 radical (unpaired) electrons. The van der Waals surface area contributed by atoms with E-state index in [0.29, 0.717) is 18.4 Å². The summed E-state index contributed by atoms with van der Waals surface area (Å²) in [5.74, 6) is -0.204. The van der Waals surface area contributed by atoms with E-state index in [4.69, 9.17) is 10.8 Å². The van der Waals surface area contributed by atoms with E-state index in [2.05, 4.69) is 18.9 Å². The fraction of sp³-hybridized carbons (Fsp3) is 0.923. The van der Waals surface area contributed by atoms with Crippen molar-refractivity contribution in [2.45, 2.75) is 57.5 Å². The van der Waals surface area contributed by atoms with Crippen molar-refractivity contribution < 1.29 is 9.90 Å². The van der Waals surface area contributed by atoms with E-state index < -0.39 is 11.5 Å². The van der Waals surface area contributed by atoms with Crippen LogP contribution in [-0.2, 0) is 4.79 Å². The highest BCUT2D eigenvalue weighted by atomic mass is 16.4. The Bertz CT molecular complexity index is 266. The van der Waals surface area contributed by atoms with Gasteiger partial charge in [-0.1, -0.05) is 19.8 Å². The van der Waals surface area contributed by atoms with Gasteiger partial charge in [0.25, 0.3) is 0 Å². The van der Waals surface area contributed by atoms with Crippen molar-refractivity contribution in [3.8, 4) is 0 Å². The van der Waals surface area contributed by atoms with Crippen LogP contribution in [-0.4, -0.2) is 41.1 Å². The molecule has 3 N–H and O–H groups in total. The average molecular weight is 242 g/mol. The molecule has 1 aliphatic rings. The molecule has 4 nitrogen and oxygen atoms in total. The minimum absolute atomic E-state index is 0.502. The van der Waals surface area contributed by atoms with Crippen LogP contribution in [0, 0.1) is 5.92 Å². The minimum atomic E-state index is -1.10. The first-order chi connectivity index (χ1) is 7.84. The second kappa shape index (κ2) is 5.83. The number of nitrogens with two attached hydrogens (primary N) is 1. The number of nitrogens with zero attached hydrogens (tertiary/aromatic N) is 1. The minimum Gasteiger partial charge on any atom is -0.480 e. The zero-order valence-corrected chi connectivity index (χ0v) is 11.3. The Hall–Kier alpha value is -0.610. The monoisotopic (exact) mass is 242 g/mol. The van der Waals surface area contributed by atoms with Gasteiger partial charge in [-0.2, -0.15) is 0 Å². The molecule has 0 spiro atoms. The first-order valence-electron chi connectivity index (χ1n) is 6.57. The van der Waals surface area contributed by atoms with Crippen LogP contribution < -0.4 is 5.73 Å². The van der Waals surface area contributed by atoms with Gasteiger partial charge < -0.3 is 15.7 Å². The standard InChI is InChI=1S/C13H26N2O2/c1-10-6-4-5-7-11(10)15(3)9-8-13(2,14)12(16)17/h10-11H,4-9,14H2,1-3H3,(H,16,17). The summed E-state index contributed by atoms with van der Waals surface area (Å²) < 4.78 is 0. The van der Waals surface area contributed by atoms with Crippen molar-refractivity contribution in [2.24, 2.45) is 11.7 Å². The SMILES string of the molecule is CC1CCCCC1N(C)CCC(C)(N)C(=O)O. The van der Waals surface area contributed by atoms with Crippen LogP contribution in [0.4, 0.5) is 0 Å². The van der Waals surface area contributed by atoms with Gasteiger partial charge in [-0.15, -0.1) is 0 Å². The van der Waals surface area contributed by atoms with Crippen molar-refractivity contribution in [1.82, 2.24) is 4.90 Å². The molecule has 0 heterocycles.